The molecule has 0 unspecified atom stereocenters. The number of nitrogens with zero attached hydrogens (tertiary/aromatic N) is 1. The molecule has 0 bridgehead atoms. The van der Waals surface area contributed by atoms with Crippen LogP contribution in [-0.2, 0) is 6.54 Å². The molecule has 116 valence electrons. The summed E-state index contributed by atoms with van der Waals surface area (Å²) in [6.45, 7) is 0.872. The van der Waals surface area contributed by atoms with E-state index >= 15 is 0 Å². The molecule has 0 saturated carbocycles. The van der Waals surface area contributed by atoms with Crippen LogP contribution in [0.25, 0.3) is 0 Å². The number of hydrogen-bond donors (Lipinski definition) is 2. The molecule has 1 aromatic carbocycles. The van der Waals surface area contributed by atoms with Crippen molar-refractivity contribution in [3.8, 4) is 0 Å². The van der Waals surface area contributed by atoms with E-state index in [2.05, 4.69) is 0 Å². The summed E-state index contributed by atoms with van der Waals surface area (Å²) in [6, 6.07) is 3.72. The Balaban J connectivity index is 1.98. The van der Waals surface area contributed by atoms with Gasteiger partial charge in [-0.15, -0.1) is 0 Å². The largest absolute Gasteiger partial charge is 0.488 e. The van der Waals surface area contributed by atoms with Gasteiger partial charge in [-0.25, -0.2) is 4.39 Å². The standard InChI is InChI=1S/C13H16BF4NO2/c15-12-6-9(5-11(7-12)14(20)21)8-19-3-1-10(2-4-19)13(16,17)18/h5-7,10,20-21H,1-4,8H2. The Kier molecular flexibility index (Phi) is 4.90. The van der Waals surface area contributed by atoms with Gasteiger partial charge in [-0.05, 0) is 49.1 Å². The number of piperidine rings is 1. The third kappa shape index (κ3) is 4.42. The predicted molar refractivity (Wildman–Crippen MR) is 70.3 cm³/mol. The fraction of sp³-hybridized carbons (Fsp3) is 0.538. The first-order valence-electron chi connectivity index (χ1n) is 6.70. The minimum atomic E-state index is -4.15. The van der Waals surface area contributed by atoms with E-state index in [1.165, 1.54) is 12.1 Å². The van der Waals surface area contributed by atoms with E-state index in [1.807, 2.05) is 4.90 Å². The Morgan fingerprint density at radius 1 is 1.14 bits per heavy atom. The Labute approximate surface area is 120 Å². The van der Waals surface area contributed by atoms with Crippen molar-refractivity contribution in [2.45, 2.75) is 25.6 Å². The highest BCUT2D eigenvalue weighted by Gasteiger charge is 2.40. The van der Waals surface area contributed by atoms with Crippen LogP contribution in [0.1, 0.15) is 18.4 Å². The van der Waals surface area contributed by atoms with Gasteiger partial charge >= 0.3 is 13.3 Å². The average Bonchev–Trinajstić information content (AvgIpc) is 2.37. The van der Waals surface area contributed by atoms with Crippen LogP contribution < -0.4 is 5.46 Å². The Bertz CT molecular complexity index is 488. The van der Waals surface area contributed by atoms with Gasteiger partial charge in [-0.2, -0.15) is 13.2 Å². The molecule has 1 saturated heterocycles. The number of benzene rings is 1. The molecule has 1 fully saturated rings. The molecule has 1 aromatic rings. The zero-order chi connectivity index (χ0) is 15.6. The quantitative estimate of drug-likeness (QED) is 0.653. The smallest absolute Gasteiger partial charge is 0.423 e. The molecule has 1 heterocycles. The van der Waals surface area contributed by atoms with Gasteiger partial charge in [0.15, 0.2) is 0 Å². The summed E-state index contributed by atoms with van der Waals surface area (Å²) in [5.41, 5.74) is 0.554. The third-order valence-electron chi connectivity index (χ3n) is 3.73. The van der Waals surface area contributed by atoms with Gasteiger partial charge in [-0.1, -0.05) is 6.07 Å². The normalized spacial score (nSPS) is 18.0. The number of rotatable bonds is 3. The average molecular weight is 305 g/mol. The molecular formula is C13H16BF4NO2. The lowest BCUT2D eigenvalue weighted by Crippen LogP contribution is -2.39. The van der Waals surface area contributed by atoms with Gasteiger partial charge < -0.3 is 10.0 Å². The SMILES string of the molecule is OB(O)c1cc(F)cc(CN2CCC(C(F)(F)F)CC2)c1. The summed E-state index contributed by atoms with van der Waals surface area (Å²) >= 11 is 0. The second-order valence-electron chi connectivity index (χ2n) is 5.36. The van der Waals surface area contributed by atoms with Crippen LogP contribution in [0, 0.1) is 11.7 Å². The van der Waals surface area contributed by atoms with E-state index in [4.69, 9.17) is 10.0 Å². The van der Waals surface area contributed by atoms with Crippen molar-refractivity contribution in [3.63, 3.8) is 0 Å². The Morgan fingerprint density at radius 3 is 2.29 bits per heavy atom. The second kappa shape index (κ2) is 6.33. The number of halogens is 4. The molecule has 0 radical (unpaired) electrons. The van der Waals surface area contributed by atoms with Crippen molar-refractivity contribution in [2.75, 3.05) is 13.1 Å². The van der Waals surface area contributed by atoms with E-state index in [-0.39, 0.29) is 31.4 Å². The van der Waals surface area contributed by atoms with E-state index in [0.29, 0.717) is 12.1 Å². The number of hydrogen-bond acceptors (Lipinski definition) is 3. The van der Waals surface area contributed by atoms with Crippen molar-refractivity contribution in [1.29, 1.82) is 0 Å². The lowest BCUT2D eigenvalue weighted by atomic mass is 9.79. The van der Waals surface area contributed by atoms with Gasteiger partial charge in [0.2, 0.25) is 0 Å². The molecule has 8 heteroatoms. The fourth-order valence-electron chi connectivity index (χ4n) is 2.59. The van der Waals surface area contributed by atoms with Crippen LogP contribution in [0.5, 0.6) is 0 Å². The summed E-state index contributed by atoms with van der Waals surface area (Å²) < 4.78 is 51.1. The van der Waals surface area contributed by atoms with Gasteiger partial charge in [0.25, 0.3) is 0 Å². The first kappa shape index (κ1) is 16.3. The van der Waals surface area contributed by atoms with E-state index in [9.17, 15) is 17.6 Å². The van der Waals surface area contributed by atoms with Crippen LogP contribution in [0.3, 0.4) is 0 Å². The van der Waals surface area contributed by atoms with Gasteiger partial charge in [0.1, 0.15) is 5.82 Å². The molecular weight excluding hydrogens is 289 g/mol. The molecule has 0 amide bonds. The van der Waals surface area contributed by atoms with Gasteiger partial charge in [0, 0.05) is 6.54 Å². The van der Waals surface area contributed by atoms with Crippen LogP contribution in [0.15, 0.2) is 18.2 Å². The Hall–Kier alpha value is -1.12. The molecule has 1 aliphatic rings. The molecule has 2 rings (SSSR count). The predicted octanol–water partition coefficient (Wildman–Crippen LogP) is 1.28. The first-order chi connectivity index (χ1) is 9.75. The molecule has 0 atom stereocenters. The van der Waals surface area contributed by atoms with Crippen molar-refractivity contribution in [2.24, 2.45) is 5.92 Å². The van der Waals surface area contributed by atoms with E-state index in [0.717, 1.165) is 6.07 Å². The maximum Gasteiger partial charge on any atom is 0.488 e. The van der Waals surface area contributed by atoms with Gasteiger partial charge in [-0.3, -0.25) is 4.90 Å². The molecule has 2 N–H and O–H groups in total. The summed E-state index contributed by atoms with van der Waals surface area (Å²) in [5, 5.41) is 18.1. The molecule has 0 spiro atoms. The first-order valence-corrected chi connectivity index (χ1v) is 6.70. The highest BCUT2D eigenvalue weighted by atomic mass is 19.4. The summed E-state index contributed by atoms with van der Waals surface area (Å²) in [7, 11) is -1.77. The van der Waals surface area contributed by atoms with Gasteiger partial charge in [0.05, 0.1) is 5.92 Å². The van der Waals surface area contributed by atoms with Crippen molar-refractivity contribution in [1.82, 2.24) is 4.90 Å². The second-order valence-corrected chi connectivity index (χ2v) is 5.36. The Morgan fingerprint density at radius 2 is 1.76 bits per heavy atom. The molecule has 3 nitrogen and oxygen atoms in total. The lowest BCUT2D eigenvalue weighted by Gasteiger charge is -2.32. The van der Waals surface area contributed by atoms with Crippen molar-refractivity contribution in [3.05, 3.63) is 29.6 Å². The topological polar surface area (TPSA) is 43.7 Å². The highest BCUT2D eigenvalue weighted by molar-refractivity contribution is 6.58. The van der Waals surface area contributed by atoms with Crippen LogP contribution in [0.4, 0.5) is 17.6 Å². The molecule has 21 heavy (non-hydrogen) atoms. The fourth-order valence-corrected chi connectivity index (χ4v) is 2.59. The maximum atomic E-state index is 13.4. The zero-order valence-electron chi connectivity index (χ0n) is 11.3. The number of alkyl halides is 3. The van der Waals surface area contributed by atoms with Crippen LogP contribution >= 0.6 is 0 Å². The minimum absolute atomic E-state index is 0.0360. The molecule has 0 aliphatic carbocycles. The summed E-state index contributed by atoms with van der Waals surface area (Å²) in [6.07, 6.45) is -4.08. The van der Waals surface area contributed by atoms with E-state index in [1.54, 1.807) is 0 Å². The molecule has 0 aromatic heterocycles. The van der Waals surface area contributed by atoms with Crippen LogP contribution in [-0.4, -0.2) is 41.3 Å². The number of likely N-dealkylation sites (tertiary alicyclic amines) is 1. The maximum absolute atomic E-state index is 13.4. The monoisotopic (exact) mass is 305 g/mol. The zero-order valence-corrected chi connectivity index (χ0v) is 11.3. The minimum Gasteiger partial charge on any atom is -0.423 e. The highest BCUT2D eigenvalue weighted by Crippen LogP contribution is 2.34. The summed E-state index contributed by atoms with van der Waals surface area (Å²) in [5.74, 6) is -1.86. The van der Waals surface area contributed by atoms with Crippen molar-refractivity contribution < 1.29 is 27.6 Å². The van der Waals surface area contributed by atoms with Crippen LogP contribution in [0.2, 0.25) is 0 Å². The van der Waals surface area contributed by atoms with E-state index < -0.39 is 25.0 Å². The molecule has 1 aliphatic heterocycles. The lowest BCUT2D eigenvalue weighted by molar-refractivity contribution is -0.185. The van der Waals surface area contributed by atoms with Crippen molar-refractivity contribution >= 4 is 12.6 Å². The summed E-state index contributed by atoms with van der Waals surface area (Å²) in [4.78, 5) is 1.81. The third-order valence-corrected chi connectivity index (χ3v) is 3.73.